The molecule has 0 aromatic carbocycles. The molecule has 103 valence electrons. The van der Waals surface area contributed by atoms with Gasteiger partial charge >= 0.3 is 0 Å². The van der Waals surface area contributed by atoms with Gasteiger partial charge < -0.3 is 0 Å². The quantitative estimate of drug-likeness (QED) is 0.691. The largest absolute Gasteiger partial charge is 0.255 e. The predicted molar refractivity (Wildman–Crippen MR) is 91.3 cm³/mol. The smallest absolute Gasteiger partial charge is 0.0959 e. The summed E-state index contributed by atoms with van der Waals surface area (Å²) < 4.78 is 0. The molecule has 0 saturated carbocycles. The SMILES string of the molecule is [B][B]c1cc(-c2cc(C)ccn2)nc(-c2cc(C)ccn2)c1. The van der Waals surface area contributed by atoms with Crippen molar-refractivity contribution in [1.29, 1.82) is 0 Å². The lowest BCUT2D eigenvalue weighted by Crippen LogP contribution is -2.16. The van der Waals surface area contributed by atoms with Crippen LogP contribution in [0.15, 0.2) is 48.8 Å². The fraction of sp³-hybridized carbons (Fsp3) is 0.118. The maximum Gasteiger partial charge on any atom is 0.0959 e. The molecule has 3 radical (unpaired) electrons. The second kappa shape index (κ2) is 6.14. The minimum atomic E-state index is 0.793. The topological polar surface area (TPSA) is 38.7 Å². The Labute approximate surface area is 132 Å². The standard InChI is InChI=1S/C17H14B2N3/c1-11-3-5-20-14(7-11)16-9-13(19-18)10-17(22-16)15-8-12(2)4-6-21-15/h3-10H,1-2H3. The van der Waals surface area contributed by atoms with E-state index in [1.165, 1.54) is 0 Å². The van der Waals surface area contributed by atoms with Crippen molar-refractivity contribution in [3.63, 3.8) is 0 Å². The number of aryl methyl sites for hydroxylation is 2. The second-order valence-corrected chi connectivity index (χ2v) is 5.27. The average molecular weight is 282 g/mol. The third-order valence-corrected chi connectivity index (χ3v) is 3.40. The van der Waals surface area contributed by atoms with Gasteiger partial charge in [0.25, 0.3) is 0 Å². The molecule has 0 aliphatic carbocycles. The van der Waals surface area contributed by atoms with Crippen LogP contribution < -0.4 is 5.46 Å². The predicted octanol–water partition coefficient (Wildman–Crippen LogP) is 2.24. The lowest BCUT2D eigenvalue weighted by Gasteiger charge is -2.08. The lowest BCUT2D eigenvalue weighted by molar-refractivity contribution is 1.20. The highest BCUT2D eigenvalue weighted by Crippen LogP contribution is 2.20. The molecule has 0 amide bonds. The van der Waals surface area contributed by atoms with Crippen LogP contribution in [0, 0.1) is 13.8 Å². The van der Waals surface area contributed by atoms with Crippen LogP contribution in [0.3, 0.4) is 0 Å². The lowest BCUT2D eigenvalue weighted by atomic mass is 9.51. The molecule has 3 heterocycles. The van der Waals surface area contributed by atoms with E-state index in [1.807, 2.05) is 50.2 Å². The molecular weight excluding hydrogens is 268 g/mol. The monoisotopic (exact) mass is 282 g/mol. The first-order chi connectivity index (χ1) is 10.7. The summed E-state index contributed by atoms with van der Waals surface area (Å²) in [6.45, 7) is 4.07. The number of nitrogens with zero attached hydrogens (tertiary/aromatic N) is 3. The van der Waals surface area contributed by atoms with Crippen LogP contribution in [0.25, 0.3) is 22.8 Å². The third kappa shape index (κ3) is 3.08. The Morgan fingerprint density at radius 3 is 1.68 bits per heavy atom. The van der Waals surface area contributed by atoms with Gasteiger partial charge in [-0.25, -0.2) is 4.98 Å². The minimum absolute atomic E-state index is 0.793. The second-order valence-electron chi connectivity index (χ2n) is 5.27. The summed E-state index contributed by atoms with van der Waals surface area (Å²) in [4.78, 5) is 13.5. The summed E-state index contributed by atoms with van der Waals surface area (Å²) in [5.74, 6) is 0. The van der Waals surface area contributed by atoms with E-state index in [1.54, 1.807) is 19.6 Å². The molecule has 22 heavy (non-hydrogen) atoms. The fourth-order valence-electron chi connectivity index (χ4n) is 2.26. The Balaban J connectivity index is 2.14. The van der Waals surface area contributed by atoms with Gasteiger partial charge in [0.15, 0.2) is 0 Å². The summed E-state index contributed by atoms with van der Waals surface area (Å²) in [7, 11) is 7.28. The Morgan fingerprint density at radius 1 is 0.773 bits per heavy atom. The van der Waals surface area contributed by atoms with Crippen LogP contribution in [0.4, 0.5) is 0 Å². The van der Waals surface area contributed by atoms with Crippen molar-refractivity contribution < 1.29 is 0 Å². The zero-order valence-electron chi connectivity index (χ0n) is 12.6. The van der Waals surface area contributed by atoms with E-state index < -0.39 is 0 Å². The zero-order valence-corrected chi connectivity index (χ0v) is 12.6. The first-order valence-electron chi connectivity index (χ1n) is 7.09. The van der Waals surface area contributed by atoms with Crippen molar-refractivity contribution in [3.8, 4) is 22.8 Å². The first-order valence-corrected chi connectivity index (χ1v) is 7.09. The molecule has 3 rings (SSSR count). The van der Waals surface area contributed by atoms with E-state index in [0.29, 0.717) is 0 Å². The molecule has 5 heteroatoms. The molecule has 0 atom stereocenters. The van der Waals surface area contributed by atoms with Crippen molar-refractivity contribution in [2.24, 2.45) is 0 Å². The number of rotatable bonds is 3. The number of pyridine rings is 3. The third-order valence-electron chi connectivity index (χ3n) is 3.40. The maximum absolute atomic E-state index is 5.71. The van der Waals surface area contributed by atoms with Crippen LogP contribution >= 0.6 is 0 Å². The fourth-order valence-corrected chi connectivity index (χ4v) is 2.26. The van der Waals surface area contributed by atoms with Gasteiger partial charge in [0.2, 0.25) is 0 Å². The Hall–Kier alpha value is -2.42. The summed E-state index contributed by atoms with van der Waals surface area (Å²) in [6.07, 6.45) is 3.57. The highest BCUT2D eigenvalue weighted by molar-refractivity contribution is 6.97. The summed E-state index contributed by atoms with van der Waals surface area (Å²) in [5, 5.41) is 0. The number of hydrogen-bond acceptors (Lipinski definition) is 3. The van der Waals surface area contributed by atoms with E-state index in [0.717, 1.165) is 39.4 Å². The molecule has 0 fully saturated rings. The van der Waals surface area contributed by atoms with Gasteiger partial charge in [0.1, 0.15) is 0 Å². The van der Waals surface area contributed by atoms with Gasteiger partial charge in [-0.2, -0.15) is 0 Å². The molecule has 0 aliphatic rings. The molecular formula is C17H14B2N3. The molecule has 0 spiro atoms. The Bertz CT molecular complexity index is 755. The zero-order chi connectivity index (χ0) is 15.5. The van der Waals surface area contributed by atoms with Crippen molar-refractivity contribution >= 4 is 20.4 Å². The van der Waals surface area contributed by atoms with Crippen molar-refractivity contribution in [1.82, 2.24) is 15.0 Å². The first kappa shape index (κ1) is 14.5. The van der Waals surface area contributed by atoms with E-state index >= 15 is 0 Å². The molecule has 0 bridgehead atoms. The minimum Gasteiger partial charge on any atom is -0.255 e. The van der Waals surface area contributed by atoms with Crippen molar-refractivity contribution in [2.75, 3.05) is 0 Å². The van der Waals surface area contributed by atoms with Crippen molar-refractivity contribution in [2.45, 2.75) is 13.8 Å². The maximum atomic E-state index is 5.71. The van der Waals surface area contributed by atoms with Crippen LogP contribution in [0.1, 0.15) is 11.1 Å². The number of aromatic nitrogens is 3. The van der Waals surface area contributed by atoms with Gasteiger partial charge in [0, 0.05) is 20.1 Å². The number of hydrogen-bond donors (Lipinski definition) is 0. The average Bonchev–Trinajstić information content (AvgIpc) is 2.54. The van der Waals surface area contributed by atoms with Gasteiger partial charge in [-0.1, -0.05) is 5.46 Å². The molecule has 0 saturated heterocycles. The normalized spacial score (nSPS) is 10.5. The van der Waals surface area contributed by atoms with Gasteiger partial charge in [-0.05, 0) is 61.4 Å². The molecule has 0 aliphatic heterocycles. The molecule has 3 aromatic rings. The van der Waals surface area contributed by atoms with Gasteiger partial charge in [0.05, 0.1) is 29.9 Å². The van der Waals surface area contributed by atoms with Gasteiger partial charge in [-0.15, -0.1) is 0 Å². The van der Waals surface area contributed by atoms with E-state index in [9.17, 15) is 0 Å². The molecule has 0 unspecified atom stereocenters. The molecule has 0 N–H and O–H groups in total. The Kier molecular flexibility index (Phi) is 4.05. The van der Waals surface area contributed by atoms with Gasteiger partial charge in [-0.3, -0.25) is 9.97 Å². The Morgan fingerprint density at radius 2 is 1.27 bits per heavy atom. The molecule has 3 aromatic heterocycles. The summed E-state index contributed by atoms with van der Waals surface area (Å²) in [6, 6.07) is 11.8. The van der Waals surface area contributed by atoms with E-state index in [2.05, 4.69) is 9.97 Å². The van der Waals surface area contributed by atoms with Crippen LogP contribution in [-0.2, 0) is 0 Å². The molecule has 3 nitrogen and oxygen atoms in total. The summed E-state index contributed by atoms with van der Waals surface area (Å²) >= 11 is 0. The van der Waals surface area contributed by atoms with E-state index in [-0.39, 0.29) is 0 Å². The highest BCUT2D eigenvalue weighted by Gasteiger charge is 2.08. The van der Waals surface area contributed by atoms with Crippen molar-refractivity contribution in [3.05, 3.63) is 59.9 Å². The highest BCUT2D eigenvalue weighted by atomic mass is 14.8. The van der Waals surface area contributed by atoms with Crippen LogP contribution in [0.2, 0.25) is 0 Å². The van der Waals surface area contributed by atoms with Crippen LogP contribution in [-0.4, -0.2) is 29.9 Å². The summed E-state index contributed by atoms with van der Waals surface area (Å²) in [5.41, 5.74) is 6.43. The van der Waals surface area contributed by atoms with E-state index in [4.69, 9.17) is 12.7 Å². The van der Waals surface area contributed by atoms with Crippen LogP contribution in [0.5, 0.6) is 0 Å².